The molecule has 1 heterocycles. The average Bonchev–Trinajstić information content (AvgIpc) is 2.86. The van der Waals surface area contributed by atoms with Crippen LogP contribution in [0.25, 0.3) is 0 Å². The second-order valence-corrected chi connectivity index (χ2v) is 5.70. The Bertz CT molecular complexity index is 489. The Morgan fingerprint density at radius 1 is 1.29 bits per heavy atom. The van der Waals surface area contributed by atoms with Crippen molar-refractivity contribution in [2.45, 2.75) is 18.8 Å². The zero-order chi connectivity index (χ0) is 12.3. The van der Waals surface area contributed by atoms with Gasteiger partial charge in [0.25, 0.3) is 0 Å². The molecule has 3 heteroatoms. The molecule has 0 aliphatic heterocycles. The lowest BCUT2D eigenvalue weighted by molar-refractivity contribution is -0.112. The number of halogens is 1. The van der Waals surface area contributed by atoms with Crippen LogP contribution in [0.5, 0.6) is 0 Å². The van der Waals surface area contributed by atoms with E-state index in [1.54, 1.807) is 11.3 Å². The van der Waals surface area contributed by atoms with Crippen molar-refractivity contribution in [1.82, 2.24) is 0 Å². The van der Waals surface area contributed by atoms with E-state index in [4.69, 9.17) is 11.6 Å². The van der Waals surface area contributed by atoms with Gasteiger partial charge in [-0.15, -0.1) is 11.3 Å². The van der Waals surface area contributed by atoms with Crippen molar-refractivity contribution in [3.05, 3.63) is 57.2 Å². The van der Waals surface area contributed by atoms with E-state index < -0.39 is 5.41 Å². The van der Waals surface area contributed by atoms with E-state index in [9.17, 15) is 4.79 Å². The zero-order valence-corrected chi connectivity index (χ0v) is 11.1. The minimum Gasteiger partial charge on any atom is -0.302 e. The predicted molar refractivity (Wildman–Crippen MR) is 72.9 cm³/mol. The number of aldehydes is 1. The third-order valence-electron chi connectivity index (χ3n) is 2.83. The van der Waals surface area contributed by atoms with Crippen LogP contribution >= 0.6 is 22.9 Å². The van der Waals surface area contributed by atoms with Crippen LogP contribution in [0.15, 0.2) is 41.8 Å². The second kappa shape index (κ2) is 5.03. The summed E-state index contributed by atoms with van der Waals surface area (Å²) in [5, 5.41) is 2.72. The van der Waals surface area contributed by atoms with Crippen molar-refractivity contribution in [1.29, 1.82) is 0 Å². The first-order valence-corrected chi connectivity index (χ1v) is 6.64. The quantitative estimate of drug-likeness (QED) is 0.760. The molecule has 0 saturated carbocycles. The largest absolute Gasteiger partial charge is 0.302 e. The third-order valence-corrected chi connectivity index (χ3v) is 4.23. The van der Waals surface area contributed by atoms with Crippen LogP contribution in [-0.4, -0.2) is 6.29 Å². The summed E-state index contributed by atoms with van der Waals surface area (Å²) in [5.74, 6) is 0. The number of thiophene rings is 1. The smallest absolute Gasteiger partial charge is 0.131 e. The maximum Gasteiger partial charge on any atom is 0.131 e. The van der Waals surface area contributed by atoms with Gasteiger partial charge in [-0.1, -0.05) is 29.8 Å². The molecule has 88 valence electrons. The summed E-state index contributed by atoms with van der Waals surface area (Å²) in [7, 11) is 0. The third kappa shape index (κ3) is 2.76. The van der Waals surface area contributed by atoms with Crippen molar-refractivity contribution < 1.29 is 4.79 Å². The van der Waals surface area contributed by atoms with E-state index >= 15 is 0 Å². The predicted octanol–water partition coefficient (Wildman–Crippen LogP) is 4.10. The van der Waals surface area contributed by atoms with Gasteiger partial charge in [-0.25, -0.2) is 0 Å². The topological polar surface area (TPSA) is 17.1 Å². The first-order chi connectivity index (χ1) is 8.14. The molecule has 1 aromatic carbocycles. The van der Waals surface area contributed by atoms with Crippen LogP contribution in [0.4, 0.5) is 0 Å². The van der Waals surface area contributed by atoms with Gasteiger partial charge in [0.2, 0.25) is 0 Å². The van der Waals surface area contributed by atoms with E-state index in [0.29, 0.717) is 6.42 Å². The molecule has 0 N–H and O–H groups in total. The van der Waals surface area contributed by atoms with Gasteiger partial charge < -0.3 is 4.79 Å². The lowest BCUT2D eigenvalue weighted by Gasteiger charge is -2.21. The summed E-state index contributed by atoms with van der Waals surface area (Å²) < 4.78 is 0. The highest BCUT2D eigenvalue weighted by atomic mass is 35.5. The molecule has 0 radical (unpaired) electrons. The second-order valence-electron chi connectivity index (χ2n) is 4.32. The molecular formula is C14H13ClOS. The molecule has 0 aliphatic carbocycles. The Labute approximate surface area is 110 Å². The molecule has 0 aliphatic rings. The van der Waals surface area contributed by atoms with Crippen LogP contribution in [0, 0.1) is 0 Å². The Kier molecular flexibility index (Phi) is 3.65. The molecule has 1 nitrogen and oxygen atoms in total. The van der Waals surface area contributed by atoms with Gasteiger partial charge in [0, 0.05) is 9.90 Å². The summed E-state index contributed by atoms with van der Waals surface area (Å²) in [6.07, 6.45) is 1.74. The number of hydrogen-bond acceptors (Lipinski definition) is 2. The molecule has 2 aromatic rings. The molecule has 0 amide bonds. The number of carbonyl (C=O) groups excluding carboxylic acids is 1. The Balaban J connectivity index is 2.26. The minimum atomic E-state index is -0.442. The monoisotopic (exact) mass is 264 g/mol. The summed E-state index contributed by atoms with van der Waals surface area (Å²) in [6, 6.07) is 11.6. The van der Waals surface area contributed by atoms with E-state index in [1.807, 2.05) is 48.7 Å². The van der Waals surface area contributed by atoms with Crippen molar-refractivity contribution in [2.75, 3.05) is 0 Å². The SMILES string of the molecule is CC(C=O)(Cc1ccc(Cl)cc1)c1cccs1. The molecule has 1 aromatic heterocycles. The van der Waals surface area contributed by atoms with Crippen molar-refractivity contribution in [3.8, 4) is 0 Å². The van der Waals surface area contributed by atoms with Crippen molar-refractivity contribution in [2.24, 2.45) is 0 Å². The van der Waals surface area contributed by atoms with E-state index in [1.165, 1.54) is 0 Å². The molecule has 0 fully saturated rings. The van der Waals surface area contributed by atoms with Gasteiger partial charge in [-0.3, -0.25) is 0 Å². The Hall–Kier alpha value is -1.12. The van der Waals surface area contributed by atoms with Crippen LogP contribution < -0.4 is 0 Å². The van der Waals surface area contributed by atoms with Crippen LogP contribution in [0.2, 0.25) is 5.02 Å². The van der Waals surface area contributed by atoms with Crippen LogP contribution in [0.3, 0.4) is 0 Å². The van der Waals surface area contributed by atoms with E-state index in [0.717, 1.165) is 21.7 Å². The Morgan fingerprint density at radius 2 is 2.00 bits per heavy atom. The fourth-order valence-electron chi connectivity index (χ4n) is 1.82. The number of benzene rings is 1. The van der Waals surface area contributed by atoms with Gasteiger partial charge in [0.15, 0.2) is 0 Å². The standard InChI is InChI=1S/C14H13ClOS/c1-14(10-16,13-3-2-8-17-13)9-11-4-6-12(15)7-5-11/h2-8,10H,9H2,1H3. The van der Waals surface area contributed by atoms with Gasteiger partial charge >= 0.3 is 0 Å². The van der Waals surface area contributed by atoms with E-state index in [-0.39, 0.29) is 0 Å². The molecule has 0 saturated heterocycles. The highest BCUT2D eigenvalue weighted by Crippen LogP contribution is 2.30. The lowest BCUT2D eigenvalue weighted by atomic mass is 9.84. The first kappa shape index (κ1) is 12.3. The molecule has 1 atom stereocenters. The fourth-order valence-corrected chi connectivity index (χ4v) is 2.79. The van der Waals surface area contributed by atoms with Gasteiger partial charge in [-0.2, -0.15) is 0 Å². The number of hydrogen-bond donors (Lipinski definition) is 0. The highest BCUT2D eigenvalue weighted by molar-refractivity contribution is 7.10. The Morgan fingerprint density at radius 3 is 2.53 bits per heavy atom. The van der Waals surface area contributed by atoms with Crippen LogP contribution in [-0.2, 0) is 16.6 Å². The highest BCUT2D eigenvalue weighted by Gasteiger charge is 2.27. The minimum absolute atomic E-state index is 0.442. The van der Waals surface area contributed by atoms with Crippen molar-refractivity contribution in [3.63, 3.8) is 0 Å². The van der Waals surface area contributed by atoms with Crippen LogP contribution in [0.1, 0.15) is 17.4 Å². The maximum atomic E-state index is 11.4. The van der Waals surface area contributed by atoms with E-state index in [2.05, 4.69) is 0 Å². The summed E-state index contributed by atoms with van der Waals surface area (Å²) in [5.41, 5.74) is 0.680. The summed E-state index contributed by atoms with van der Waals surface area (Å²) in [6.45, 7) is 1.97. The summed E-state index contributed by atoms with van der Waals surface area (Å²) >= 11 is 7.47. The van der Waals surface area contributed by atoms with Gasteiger partial charge in [-0.05, 0) is 42.5 Å². The number of rotatable bonds is 4. The first-order valence-electron chi connectivity index (χ1n) is 5.39. The average molecular weight is 265 g/mol. The molecular weight excluding hydrogens is 252 g/mol. The molecule has 17 heavy (non-hydrogen) atoms. The van der Waals surface area contributed by atoms with Crippen molar-refractivity contribution >= 4 is 29.2 Å². The number of carbonyl (C=O) groups is 1. The zero-order valence-electron chi connectivity index (χ0n) is 9.52. The maximum absolute atomic E-state index is 11.4. The normalized spacial score (nSPS) is 14.2. The molecule has 2 rings (SSSR count). The van der Waals surface area contributed by atoms with Gasteiger partial charge in [0.1, 0.15) is 6.29 Å². The molecule has 0 bridgehead atoms. The van der Waals surface area contributed by atoms with Gasteiger partial charge in [0.05, 0.1) is 5.41 Å². The summed E-state index contributed by atoms with van der Waals surface area (Å²) in [4.78, 5) is 12.5. The molecule has 1 unspecified atom stereocenters. The fraction of sp³-hybridized carbons (Fsp3) is 0.214. The molecule has 0 spiro atoms. The lowest BCUT2D eigenvalue weighted by Crippen LogP contribution is -2.25.